The monoisotopic (exact) mass is 411 g/mol. The number of guanidine groups is 1. The van der Waals surface area contributed by atoms with Crippen LogP contribution in [0.3, 0.4) is 0 Å². The van der Waals surface area contributed by atoms with Gasteiger partial charge in [-0.15, -0.1) is 0 Å². The molecule has 0 atom stereocenters. The van der Waals surface area contributed by atoms with E-state index in [0.29, 0.717) is 35.0 Å². The van der Waals surface area contributed by atoms with E-state index < -0.39 is 6.09 Å². The molecule has 0 aliphatic heterocycles. The second-order valence-electron chi connectivity index (χ2n) is 5.37. The SMILES string of the molecule is COc1ccc(Cl)cc1-c1cc(=O)[nH]c(=S)n1CCCN=C(N)NC(=O)O. The first-order valence-electron chi connectivity index (χ1n) is 7.79. The van der Waals surface area contributed by atoms with Crippen molar-refractivity contribution in [3.05, 3.63) is 44.4 Å². The first-order chi connectivity index (χ1) is 12.8. The van der Waals surface area contributed by atoms with E-state index in [1.54, 1.807) is 22.8 Å². The summed E-state index contributed by atoms with van der Waals surface area (Å²) in [5.74, 6) is 0.352. The number of carboxylic acid groups (broad SMARTS) is 1. The van der Waals surface area contributed by atoms with Gasteiger partial charge in [0.2, 0.25) is 0 Å². The third-order valence-corrected chi connectivity index (χ3v) is 4.09. The van der Waals surface area contributed by atoms with Crippen LogP contribution in [-0.4, -0.2) is 40.4 Å². The maximum absolute atomic E-state index is 11.9. The van der Waals surface area contributed by atoms with Crippen LogP contribution in [0.1, 0.15) is 6.42 Å². The molecule has 1 aromatic heterocycles. The number of ether oxygens (including phenoxy) is 1. The summed E-state index contributed by atoms with van der Waals surface area (Å²) in [5.41, 5.74) is 6.25. The van der Waals surface area contributed by atoms with Crippen molar-refractivity contribution in [2.45, 2.75) is 13.0 Å². The molecule has 0 saturated heterocycles. The molecule has 0 aliphatic rings. The second-order valence-corrected chi connectivity index (χ2v) is 6.19. The summed E-state index contributed by atoms with van der Waals surface area (Å²) in [4.78, 5) is 28.9. The van der Waals surface area contributed by atoms with Crippen LogP contribution >= 0.6 is 23.8 Å². The fraction of sp³-hybridized carbons (Fsp3) is 0.250. The van der Waals surface area contributed by atoms with Crippen LogP contribution in [0.5, 0.6) is 5.75 Å². The fourth-order valence-corrected chi connectivity index (χ4v) is 2.89. The summed E-state index contributed by atoms with van der Waals surface area (Å²) in [5, 5.41) is 11.0. The average molecular weight is 412 g/mol. The van der Waals surface area contributed by atoms with Crippen LogP contribution in [0.4, 0.5) is 4.79 Å². The molecule has 1 heterocycles. The number of rotatable bonds is 6. The summed E-state index contributed by atoms with van der Waals surface area (Å²) < 4.78 is 7.32. The molecule has 1 amide bonds. The summed E-state index contributed by atoms with van der Waals surface area (Å²) in [7, 11) is 1.52. The smallest absolute Gasteiger partial charge is 0.411 e. The van der Waals surface area contributed by atoms with Gasteiger partial charge in [-0.1, -0.05) is 11.6 Å². The Morgan fingerprint density at radius 2 is 2.22 bits per heavy atom. The zero-order valence-electron chi connectivity index (χ0n) is 14.4. The topological polar surface area (TPSA) is 135 Å². The molecule has 27 heavy (non-hydrogen) atoms. The number of hydrogen-bond donors (Lipinski definition) is 4. The van der Waals surface area contributed by atoms with Gasteiger partial charge >= 0.3 is 6.09 Å². The van der Waals surface area contributed by atoms with Crippen LogP contribution in [-0.2, 0) is 6.54 Å². The number of benzene rings is 1. The Bertz CT molecular complexity index is 986. The number of hydrogen-bond acceptors (Lipinski definition) is 5. The van der Waals surface area contributed by atoms with E-state index in [2.05, 4.69) is 9.98 Å². The van der Waals surface area contributed by atoms with E-state index in [9.17, 15) is 9.59 Å². The Labute approximate surface area is 164 Å². The van der Waals surface area contributed by atoms with Gasteiger partial charge in [-0.05, 0) is 36.8 Å². The number of carbonyl (C=O) groups is 1. The van der Waals surface area contributed by atoms with E-state index in [-0.39, 0.29) is 22.8 Å². The van der Waals surface area contributed by atoms with Crippen molar-refractivity contribution < 1.29 is 14.6 Å². The standard InChI is InChI=1S/C16H18ClN5O4S/c1-26-12-4-3-9(17)7-10(12)11-8-13(23)20-15(27)22(11)6-2-5-19-14(18)21-16(24)25/h3-4,7-8H,2,5-6H2,1H3,(H,24,25)(H3,18,19,21)(H,20,23,27). The largest absolute Gasteiger partial charge is 0.496 e. The van der Waals surface area contributed by atoms with Gasteiger partial charge in [0.15, 0.2) is 10.7 Å². The highest BCUT2D eigenvalue weighted by atomic mass is 35.5. The molecule has 1 aromatic carbocycles. The van der Waals surface area contributed by atoms with Gasteiger partial charge in [0.25, 0.3) is 5.56 Å². The van der Waals surface area contributed by atoms with Crippen molar-refractivity contribution in [2.24, 2.45) is 10.7 Å². The molecule has 2 rings (SSSR count). The van der Waals surface area contributed by atoms with Crippen molar-refractivity contribution in [1.82, 2.24) is 14.9 Å². The van der Waals surface area contributed by atoms with Gasteiger partial charge in [-0.25, -0.2) is 4.79 Å². The minimum absolute atomic E-state index is 0.190. The molecular formula is C16H18ClN5O4S. The van der Waals surface area contributed by atoms with Gasteiger partial charge in [-0.3, -0.25) is 20.1 Å². The molecule has 144 valence electrons. The molecule has 0 bridgehead atoms. The number of methoxy groups -OCH3 is 1. The third-order valence-electron chi connectivity index (χ3n) is 3.53. The molecular weight excluding hydrogens is 394 g/mol. The predicted molar refractivity (Wildman–Crippen MR) is 105 cm³/mol. The average Bonchev–Trinajstić information content (AvgIpc) is 2.59. The van der Waals surface area contributed by atoms with E-state index in [1.807, 2.05) is 5.32 Å². The van der Waals surface area contributed by atoms with Gasteiger partial charge < -0.3 is 20.1 Å². The Morgan fingerprint density at radius 3 is 2.89 bits per heavy atom. The number of nitrogens with zero attached hydrogens (tertiary/aromatic N) is 2. The zero-order chi connectivity index (χ0) is 20.0. The van der Waals surface area contributed by atoms with Crippen LogP contribution in [0.2, 0.25) is 5.02 Å². The third kappa shape index (κ3) is 5.56. The number of halogens is 1. The van der Waals surface area contributed by atoms with E-state index in [4.69, 9.17) is 39.4 Å². The van der Waals surface area contributed by atoms with Crippen molar-refractivity contribution in [1.29, 1.82) is 0 Å². The second kappa shape index (κ2) is 9.19. The van der Waals surface area contributed by atoms with Gasteiger partial charge in [0.05, 0.1) is 12.8 Å². The molecule has 0 saturated carbocycles. The predicted octanol–water partition coefficient (Wildman–Crippen LogP) is 2.21. The molecule has 11 heteroatoms. The van der Waals surface area contributed by atoms with Crippen molar-refractivity contribution >= 4 is 35.9 Å². The zero-order valence-corrected chi connectivity index (χ0v) is 15.9. The minimum Gasteiger partial charge on any atom is -0.496 e. The molecule has 5 N–H and O–H groups in total. The lowest BCUT2D eigenvalue weighted by molar-refractivity contribution is 0.200. The molecule has 9 nitrogen and oxygen atoms in total. The Hall–Kier alpha value is -2.85. The number of aliphatic imine (C=N–C) groups is 1. The fourth-order valence-electron chi connectivity index (χ4n) is 2.42. The summed E-state index contributed by atoms with van der Waals surface area (Å²) in [6.07, 6.45) is -0.785. The number of aromatic amines is 1. The Balaban J connectivity index is 2.33. The molecule has 0 radical (unpaired) electrons. The van der Waals surface area contributed by atoms with Crippen LogP contribution in [0, 0.1) is 4.77 Å². The molecule has 0 unspecified atom stereocenters. The highest BCUT2D eigenvalue weighted by molar-refractivity contribution is 7.71. The van der Waals surface area contributed by atoms with E-state index in [0.717, 1.165) is 0 Å². The van der Waals surface area contributed by atoms with Crippen molar-refractivity contribution in [3.8, 4) is 17.0 Å². The maximum atomic E-state index is 11.9. The lowest BCUT2D eigenvalue weighted by atomic mass is 10.1. The highest BCUT2D eigenvalue weighted by Gasteiger charge is 2.12. The quantitative estimate of drug-likeness (QED) is 0.249. The van der Waals surface area contributed by atoms with Crippen LogP contribution in [0.25, 0.3) is 11.3 Å². The number of nitrogens with one attached hydrogen (secondary N) is 2. The van der Waals surface area contributed by atoms with E-state index >= 15 is 0 Å². The van der Waals surface area contributed by atoms with Gasteiger partial charge in [-0.2, -0.15) is 0 Å². The molecule has 2 aromatic rings. The van der Waals surface area contributed by atoms with Crippen molar-refractivity contribution in [3.63, 3.8) is 0 Å². The Morgan fingerprint density at radius 1 is 1.48 bits per heavy atom. The highest BCUT2D eigenvalue weighted by Crippen LogP contribution is 2.32. The first kappa shape index (κ1) is 20.5. The first-order valence-corrected chi connectivity index (χ1v) is 8.58. The lowest BCUT2D eigenvalue weighted by Gasteiger charge is -2.16. The number of nitrogens with two attached hydrogens (primary N) is 1. The summed E-state index contributed by atoms with van der Waals surface area (Å²) in [6.45, 7) is 0.670. The van der Waals surface area contributed by atoms with Crippen molar-refractivity contribution in [2.75, 3.05) is 13.7 Å². The maximum Gasteiger partial charge on any atom is 0.411 e. The van der Waals surface area contributed by atoms with Gasteiger partial charge in [0, 0.05) is 29.7 Å². The minimum atomic E-state index is -1.28. The van der Waals surface area contributed by atoms with Crippen LogP contribution < -0.4 is 21.3 Å². The molecule has 0 aliphatic carbocycles. The van der Waals surface area contributed by atoms with Crippen LogP contribution in [0.15, 0.2) is 34.1 Å². The summed E-state index contributed by atoms with van der Waals surface area (Å²) in [6, 6.07) is 6.48. The number of aromatic nitrogens is 2. The van der Waals surface area contributed by atoms with E-state index in [1.165, 1.54) is 13.2 Å². The van der Waals surface area contributed by atoms with Gasteiger partial charge in [0.1, 0.15) is 5.75 Å². The Kier molecular flexibility index (Phi) is 6.97. The molecule has 0 fully saturated rings. The number of amides is 1. The normalized spacial score (nSPS) is 11.3. The molecule has 0 spiro atoms. The number of H-pyrrole nitrogens is 1. The summed E-state index contributed by atoms with van der Waals surface area (Å²) >= 11 is 11.4. The lowest BCUT2D eigenvalue weighted by Crippen LogP contribution is -2.35.